The van der Waals surface area contributed by atoms with E-state index in [0.717, 1.165) is 13.0 Å². The average molecular weight is 272 g/mol. The molecule has 1 aromatic heterocycles. The maximum absolute atomic E-state index is 12.1. The van der Waals surface area contributed by atoms with Crippen LogP contribution in [-0.4, -0.2) is 11.9 Å². The lowest BCUT2D eigenvalue weighted by molar-refractivity contribution is -0.123. The first-order valence-corrected chi connectivity index (χ1v) is 7.31. The van der Waals surface area contributed by atoms with Crippen LogP contribution in [0.2, 0.25) is 0 Å². The summed E-state index contributed by atoms with van der Waals surface area (Å²) in [6.45, 7) is 1.39. The first-order chi connectivity index (χ1) is 9.33. The Morgan fingerprint density at radius 2 is 2.11 bits per heavy atom. The molecule has 0 bridgehead atoms. The van der Waals surface area contributed by atoms with Crippen molar-refractivity contribution in [2.75, 3.05) is 0 Å². The summed E-state index contributed by atoms with van der Waals surface area (Å²) in [5.41, 5.74) is 2.57. The van der Waals surface area contributed by atoms with E-state index in [1.165, 1.54) is 16.0 Å². The number of hydrogen-bond donors (Lipinski definition) is 2. The maximum atomic E-state index is 12.1. The van der Waals surface area contributed by atoms with Gasteiger partial charge in [-0.3, -0.25) is 4.79 Å². The smallest absolute Gasteiger partial charge is 0.237 e. The Bertz CT molecular complexity index is 565. The van der Waals surface area contributed by atoms with Crippen LogP contribution in [0.4, 0.5) is 0 Å². The number of amides is 1. The van der Waals surface area contributed by atoms with Gasteiger partial charge in [0.25, 0.3) is 0 Å². The third-order valence-electron chi connectivity index (χ3n) is 3.41. The molecule has 0 fully saturated rings. The van der Waals surface area contributed by atoms with E-state index in [-0.39, 0.29) is 11.9 Å². The van der Waals surface area contributed by atoms with Gasteiger partial charge in [0.15, 0.2) is 0 Å². The Hall–Kier alpha value is -1.65. The summed E-state index contributed by atoms with van der Waals surface area (Å²) in [7, 11) is 0. The number of benzene rings is 1. The quantitative estimate of drug-likeness (QED) is 0.898. The molecule has 1 aliphatic heterocycles. The monoisotopic (exact) mass is 272 g/mol. The lowest BCUT2D eigenvalue weighted by Crippen LogP contribution is -2.47. The van der Waals surface area contributed by atoms with E-state index in [1.54, 1.807) is 11.3 Å². The lowest BCUT2D eigenvalue weighted by atomic mass is 9.95. The summed E-state index contributed by atoms with van der Waals surface area (Å²) in [4.78, 5) is 13.3. The second kappa shape index (κ2) is 5.55. The standard InChI is InChI=1S/C15H16N2OS/c18-15(17-10-13-6-3-7-19-13)14-8-11-4-1-2-5-12(11)9-16-14/h1-7,14,16H,8-10H2,(H,17,18)/t14-/m1/s1. The number of carbonyl (C=O) groups excluding carboxylic acids is 1. The van der Waals surface area contributed by atoms with Crippen LogP contribution in [0.1, 0.15) is 16.0 Å². The number of fused-ring (bicyclic) bond motifs is 1. The van der Waals surface area contributed by atoms with Gasteiger partial charge in [-0.05, 0) is 29.0 Å². The molecule has 1 aromatic carbocycles. The van der Waals surface area contributed by atoms with Crippen molar-refractivity contribution in [2.24, 2.45) is 0 Å². The van der Waals surface area contributed by atoms with Gasteiger partial charge in [0.2, 0.25) is 5.91 Å². The van der Waals surface area contributed by atoms with Crippen molar-refractivity contribution in [2.45, 2.75) is 25.6 Å². The van der Waals surface area contributed by atoms with Gasteiger partial charge >= 0.3 is 0 Å². The molecule has 0 unspecified atom stereocenters. The second-order valence-electron chi connectivity index (χ2n) is 4.70. The lowest BCUT2D eigenvalue weighted by Gasteiger charge is -2.25. The number of hydrogen-bond acceptors (Lipinski definition) is 3. The molecule has 19 heavy (non-hydrogen) atoms. The molecule has 4 heteroatoms. The molecule has 3 nitrogen and oxygen atoms in total. The van der Waals surface area contributed by atoms with E-state index >= 15 is 0 Å². The van der Waals surface area contributed by atoms with Crippen LogP contribution in [0.5, 0.6) is 0 Å². The van der Waals surface area contributed by atoms with Crippen LogP contribution in [0.25, 0.3) is 0 Å². The predicted octanol–water partition coefficient (Wildman–Crippen LogP) is 2.08. The van der Waals surface area contributed by atoms with Gasteiger partial charge in [-0.25, -0.2) is 0 Å². The van der Waals surface area contributed by atoms with Gasteiger partial charge in [-0.1, -0.05) is 30.3 Å². The molecule has 0 aliphatic carbocycles. The molecule has 3 rings (SSSR count). The van der Waals surface area contributed by atoms with Crippen molar-refractivity contribution in [1.82, 2.24) is 10.6 Å². The van der Waals surface area contributed by atoms with Crippen molar-refractivity contribution in [3.8, 4) is 0 Å². The minimum absolute atomic E-state index is 0.0860. The third-order valence-corrected chi connectivity index (χ3v) is 4.29. The van der Waals surface area contributed by atoms with Gasteiger partial charge in [0.1, 0.15) is 0 Å². The molecule has 0 spiro atoms. The van der Waals surface area contributed by atoms with Gasteiger partial charge in [0.05, 0.1) is 12.6 Å². The normalized spacial score (nSPS) is 17.8. The zero-order chi connectivity index (χ0) is 13.1. The van der Waals surface area contributed by atoms with Crippen molar-refractivity contribution in [3.05, 3.63) is 57.8 Å². The molecule has 98 valence electrons. The highest BCUT2D eigenvalue weighted by Crippen LogP contribution is 2.16. The summed E-state index contributed by atoms with van der Waals surface area (Å²) < 4.78 is 0. The number of carbonyl (C=O) groups is 1. The molecule has 0 saturated heterocycles. The third kappa shape index (κ3) is 2.85. The zero-order valence-electron chi connectivity index (χ0n) is 10.6. The minimum atomic E-state index is -0.116. The summed E-state index contributed by atoms with van der Waals surface area (Å²) >= 11 is 1.67. The topological polar surface area (TPSA) is 41.1 Å². The largest absolute Gasteiger partial charge is 0.350 e. The molecule has 1 aliphatic rings. The van der Waals surface area contributed by atoms with E-state index in [4.69, 9.17) is 0 Å². The fourth-order valence-corrected chi connectivity index (χ4v) is 2.99. The highest BCUT2D eigenvalue weighted by molar-refractivity contribution is 7.09. The summed E-state index contributed by atoms with van der Waals surface area (Å²) in [6, 6.07) is 12.2. The van der Waals surface area contributed by atoms with Crippen molar-refractivity contribution in [3.63, 3.8) is 0 Å². The molecule has 0 saturated carbocycles. The second-order valence-corrected chi connectivity index (χ2v) is 5.74. The van der Waals surface area contributed by atoms with Crippen LogP contribution < -0.4 is 10.6 Å². The van der Waals surface area contributed by atoms with Crippen LogP contribution in [0.15, 0.2) is 41.8 Å². The van der Waals surface area contributed by atoms with Crippen LogP contribution in [0.3, 0.4) is 0 Å². The van der Waals surface area contributed by atoms with E-state index in [0.29, 0.717) is 6.54 Å². The first kappa shape index (κ1) is 12.4. The number of rotatable bonds is 3. The zero-order valence-corrected chi connectivity index (χ0v) is 11.4. The molecule has 2 heterocycles. The fraction of sp³-hybridized carbons (Fsp3) is 0.267. The minimum Gasteiger partial charge on any atom is -0.350 e. The van der Waals surface area contributed by atoms with Crippen molar-refractivity contribution in [1.29, 1.82) is 0 Å². The van der Waals surface area contributed by atoms with Crippen molar-refractivity contribution < 1.29 is 4.79 Å². The Morgan fingerprint density at radius 3 is 2.89 bits per heavy atom. The predicted molar refractivity (Wildman–Crippen MR) is 76.9 cm³/mol. The number of thiophene rings is 1. The maximum Gasteiger partial charge on any atom is 0.237 e. The van der Waals surface area contributed by atoms with E-state index in [2.05, 4.69) is 22.8 Å². The molecule has 2 N–H and O–H groups in total. The highest BCUT2D eigenvalue weighted by Gasteiger charge is 2.23. The molecule has 0 radical (unpaired) electrons. The van der Waals surface area contributed by atoms with E-state index in [1.807, 2.05) is 29.6 Å². The fourth-order valence-electron chi connectivity index (χ4n) is 2.35. The van der Waals surface area contributed by atoms with Gasteiger partial charge in [-0.15, -0.1) is 11.3 Å². The SMILES string of the molecule is O=C(NCc1cccs1)[C@H]1Cc2ccccc2CN1. The number of nitrogens with one attached hydrogen (secondary N) is 2. The van der Waals surface area contributed by atoms with Gasteiger partial charge in [-0.2, -0.15) is 0 Å². The molecular weight excluding hydrogens is 256 g/mol. The Kier molecular flexibility index (Phi) is 3.62. The average Bonchev–Trinajstić information content (AvgIpc) is 2.97. The van der Waals surface area contributed by atoms with Gasteiger partial charge in [0, 0.05) is 11.4 Å². The van der Waals surface area contributed by atoms with Crippen molar-refractivity contribution >= 4 is 17.2 Å². The Balaban J connectivity index is 1.60. The van der Waals surface area contributed by atoms with Crippen LogP contribution in [-0.2, 0) is 24.3 Å². The van der Waals surface area contributed by atoms with Gasteiger partial charge < -0.3 is 10.6 Å². The highest BCUT2D eigenvalue weighted by atomic mass is 32.1. The van der Waals surface area contributed by atoms with E-state index < -0.39 is 0 Å². The summed E-state index contributed by atoms with van der Waals surface area (Å²) in [6.07, 6.45) is 0.770. The summed E-state index contributed by atoms with van der Waals surface area (Å²) in [5.74, 6) is 0.0860. The molecular formula is C15H16N2OS. The molecule has 2 aromatic rings. The first-order valence-electron chi connectivity index (χ1n) is 6.43. The summed E-state index contributed by atoms with van der Waals surface area (Å²) in [5, 5.41) is 8.32. The van der Waals surface area contributed by atoms with E-state index in [9.17, 15) is 4.79 Å². The Morgan fingerprint density at radius 1 is 1.26 bits per heavy atom. The van der Waals surface area contributed by atoms with Crippen LogP contribution >= 0.6 is 11.3 Å². The van der Waals surface area contributed by atoms with Crippen LogP contribution in [0, 0.1) is 0 Å². The Labute approximate surface area is 116 Å². The molecule has 1 atom stereocenters. The molecule has 1 amide bonds.